The van der Waals surface area contributed by atoms with Gasteiger partial charge in [-0.25, -0.2) is 4.79 Å². The molecule has 5 nitrogen and oxygen atoms in total. The lowest BCUT2D eigenvalue weighted by molar-refractivity contribution is -0.0601. The largest absolute Gasteiger partial charge is 0.508 e. The average Bonchev–Trinajstić information content (AvgIpc) is 2.97. The molecule has 3 rings (SSSR count). The van der Waals surface area contributed by atoms with Gasteiger partial charge in [-0.05, 0) is 59.4 Å². The number of esters is 1. The fraction of sp³-hybridized carbons (Fsp3) is 0.522. The van der Waals surface area contributed by atoms with Crippen molar-refractivity contribution in [3.63, 3.8) is 0 Å². The Labute approximate surface area is 166 Å². The van der Waals surface area contributed by atoms with E-state index in [1.165, 1.54) is 17.2 Å². The van der Waals surface area contributed by atoms with Crippen LogP contribution in [0.25, 0.3) is 0 Å². The van der Waals surface area contributed by atoms with E-state index in [1.54, 1.807) is 0 Å². The summed E-state index contributed by atoms with van der Waals surface area (Å²) in [5, 5.41) is 21.0. The third-order valence-corrected chi connectivity index (χ3v) is 5.69. The second kappa shape index (κ2) is 8.00. The fourth-order valence-corrected chi connectivity index (χ4v) is 3.82. The lowest BCUT2D eigenvalue weighted by atomic mass is 9.84. The maximum atomic E-state index is 11.9. The van der Waals surface area contributed by atoms with E-state index >= 15 is 0 Å². The summed E-state index contributed by atoms with van der Waals surface area (Å²) >= 11 is 0. The van der Waals surface area contributed by atoms with E-state index in [1.807, 2.05) is 6.92 Å². The zero-order valence-electron chi connectivity index (χ0n) is 17.2. The van der Waals surface area contributed by atoms with Gasteiger partial charge in [0.05, 0.1) is 11.7 Å². The minimum absolute atomic E-state index is 0.0243. The highest BCUT2D eigenvalue weighted by atomic mass is 16.5. The lowest BCUT2D eigenvalue weighted by Crippen LogP contribution is -2.49. The molecule has 0 saturated carbocycles. The molecular weight excluding hydrogens is 356 g/mol. The third kappa shape index (κ3) is 4.09. The molecule has 28 heavy (non-hydrogen) atoms. The quantitative estimate of drug-likeness (QED) is 0.552. The number of carbonyl (C=O) groups excluding carboxylic acids is 1. The van der Waals surface area contributed by atoms with Gasteiger partial charge in [-0.1, -0.05) is 23.3 Å². The highest BCUT2D eigenvalue weighted by Crippen LogP contribution is 2.45. The number of ether oxygens (including phenoxy) is 2. The van der Waals surface area contributed by atoms with Crippen LogP contribution in [-0.4, -0.2) is 27.9 Å². The highest BCUT2D eigenvalue weighted by molar-refractivity contribution is 5.95. The third-order valence-electron chi connectivity index (χ3n) is 5.69. The number of carbonyl (C=O) groups is 1. The Kier molecular flexibility index (Phi) is 5.84. The second-order valence-corrected chi connectivity index (χ2v) is 8.35. The zero-order chi connectivity index (χ0) is 20.5. The van der Waals surface area contributed by atoms with Crippen molar-refractivity contribution in [3.8, 4) is 11.5 Å². The monoisotopic (exact) mass is 386 g/mol. The van der Waals surface area contributed by atoms with Gasteiger partial charge in [-0.2, -0.15) is 0 Å². The molecule has 152 valence electrons. The van der Waals surface area contributed by atoms with Gasteiger partial charge in [-0.15, -0.1) is 0 Å². The maximum absolute atomic E-state index is 11.9. The molecule has 0 radical (unpaired) electrons. The van der Waals surface area contributed by atoms with Crippen molar-refractivity contribution in [2.75, 3.05) is 0 Å². The first kappa shape index (κ1) is 20.5. The van der Waals surface area contributed by atoms with E-state index in [0.717, 1.165) is 19.3 Å². The lowest BCUT2D eigenvalue weighted by Gasteiger charge is -2.40. The molecular formula is C23H30O5. The van der Waals surface area contributed by atoms with Crippen molar-refractivity contribution in [1.82, 2.24) is 0 Å². The molecule has 1 aromatic rings. The van der Waals surface area contributed by atoms with Crippen LogP contribution in [0.15, 0.2) is 29.4 Å². The van der Waals surface area contributed by atoms with Crippen molar-refractivity contribution >= 4 is 5.97 Å². The molecule has 2 heterocycles. The molecule has 1 aromatic carbocycles. The van der Waals surface area contributed by atoms with Crippen LogP contribution >= 0.6 is 0 Å². The van der Waals surface area contributed by atoms with Gasteiger partial charge in [-0.3, -0.25) is 0 Å². The highest BCUT2D eigenvalue weighted by Gasteiger charge is 2.43. The van der Waals surface area contributed by atoms with Crippen LogP contribution in [0.3, 0.4) is 0 Å². The number of fused-ring (bicyclic) bond motifs is 3. The summed E-state index contributed by atoms with van der Waals surface area (Å²) in [7, 11) is 0. The Hall–Kier alpha value is -2.27. The first-order valence-corrected chi connectivity index (χ1v) is 9.92. The Morgan fingerprint density at radius 2 is 2.00 bits per heavy atom. The van der Waals surface area contributed by atoms with Crippen molar-refractivity contribution in [2.45, 2.75) is 78.1 Å². The Balaban J connectivity index is 1.73. The number of cyclic esters (lactones) is 1. The molecule has 0 fully saturated rings. The van der Waals surface area contributed by atoms with E-state index in [2.05, 4.69) is 32.9 Å². The number of aliphatic hydroxyl groups excluding tert-OH is 1. The molecule has 5 heteroatoms. The number of aliphatic hydroxyl groups is 1. The number of allylic oxidation sites excluding steroid dienone is 4. The molecule has 0 amide bonds. The minimum atomic E-state index is -0.781. The summed E-state index contributed by atoms with van der Waals surface area (Å²) in [5.41, 5.74) is 3.45. The second-order valence-electron chi connectivity index (χ2n) is 8.35. The SMILES string of the molecule is CC(C)=CCC/C(C)=C/CC[C@@]1(C)Oc2c(c(O)cc3c2COC3=O)C[C@@H]1O. The summed E-state index contributed by atoms with van der Waals surface area (Å²) < 4.78 is 11.3. The number of benzene rings is 1. The maximum Gasteiger partial charge on any atom is 0.339 e. The molecule has 2 aliphatic heterocycles. The summed E-state index contributed by atoms with van der Waals surface area (Å²) in [6.45, 7) is 8.37. The molecule has 2 N–H and O–H groups in total. The molecule has 0 aliphatic carbocycles. The summed E-state index contributed by atoms with van der Waals surface area (Å²) in [6.07, 6.45) is 7.49. The predicted molar refractivity (Wildman–Crippen MR) is 108 cm³/mol. The van der Waals surface area contributed by atoms with E-state index in [-0.39, 0.29) is 12.4 Å². The van der Waals surface area contributed by atoms with Crippen LogP contribution in [0.2, 0.25) is 0 Å². The first-order valence-electron chi connectivity index (χ1n) is 9.92. The van der Waals surface area contributed by atoms with Crippen molar-refractivity contribution in [1.29, 1.82) is 0 Å². The number of hydrogen-bond donors (Lipinski definition) is 2. The Morgan fingerprint density at radius 1 is 1.25 bits per heavy atom. The predicted octanol–water partition coefficient (Wildman–Crippen LogP) is 4.59. The number of aromatic hydroxyl groups is 1. The summed E-state index contributed by atoms with van der Waals surface area (Å²) in [6, 6.07) is 1.42. The standard InChI is InChI=1S/C23H30O5/c1-14(2)7-5-8-15(3)9-6-10-23(4)20(25)12-17-19(24)11-16-18(21(17)28-23)13-27-22(16)26/h7,9,11,20,24-25H,5-6,8,10,12-13H2,1-4H3/b15-9+/t20-,23+/m0/s1. The molecule has 0 spiro atoms. The minimum Gasteiger partial charge on any atom is -0.508 e. The van der Waals surface area contributed by atoms with Crippen molar-refractivity contribution in [2.24, 2.45) is 0 Å². The molecule has 2 aliphatic rings. The van der Waals surface area contributed by atoms with E-state index in [0.29, 0.717) is 35.3 Å². The van der Waals surface area contributed by atoms with Gasteiger partial charge >= 0.3 is 5.97 Å². The van der Waals surface area contributed by atoms with Gasteiger partial charge in [0.15, 0.2) is 0 Å². The smallest absolute Gasteiger partial charge is 0.339 e. The Morgan fingerprint density at radius 3 is 2.71 bits per heavy atom. The first-order chi connectivity index (χ1) is 13.2. The van der Waals surface area contributed by atoms with E-state index < -0.39 is 17.7 Å². The van der Waals surface area contributed by atoms with E-state index in [4.69, 9.17) is 9.47 Å². The topological polar surface area (TPSA) is 76.0 Å². The van der Waals surface area contributed by atoms with Gasteiger partial charge in [0.25, 0.3) is 0 Å². The van der Waals surface area contributed by atoms with Crippen LogP contribution in [0.5, 0.6) is 11.5 Å². The van der Waals surface area contributed by atoms with Gasteiger partial charge in [0, 0.05) is 17.5 Å². The van der Waals surface area contributed by atoms with Crippen LogP contribution in [0, 0.1) is 0 Å². The average molecular weight is 386 g/mol. The van der Waals surface area contributed by atoms with Crippen LogP contribution in [-0.2, 0) is 17.8 Å². The number of phenolic OH excluding ortho intramolecular Hbond substituents is 1. The van der Waals surface area contributed by atoms with Crippen molar-refractivity contribution in [3.05, 3.63) is 46.1 Å². The number of phenols is 1. The fourth-order valence-electron chi connectivity index (χ4n) is 3.82. The molecule has 0 aromatic heterocycles. The van der Waals surface area contributed by atoms with Gasteiger partial charge in [0.2, 0.25) is 0 Å². The van der Waals surface area contributed by atoms with Crippen LogP contribution in [0.4, 0.5) is 0 Å². The molecule has 0 saturated heterocycles. The summed E-state index contributed by atoms with van der Waals surface area (Å²) in [4.78, 5) is 11.9. The summed E-state index contributed by atoms with van der Waals surface area (Å²) in [5.74, 6) is 0.0288. The normalized spacial score (nSPS) is 23.5. The zero-order valence-corrected chi connectivity index (χ0v) is 17.2. The molecule has 0 unspecified atom stereocenters. The van der Waals surface area contributed by atoms with Gasteiger partial charge < -0.3 is 19.7 Å². The number of hydrogen-bond acceptors (Lipinski definition) is 5. The van der Waals surface area contributed by atoms with Crippen LogP contribution < -0.4 is 4.74 Å². The number of rotatable bonds is 6. The van der Waals surface area contributed by atoms with Crippen molar-refractivity contribution < 1.29 is 24.5 Å². The van der Waals surface area contributed by atoms with Crippen LogP contribution in [0.1, 0.15) is 74.9 Å². The molecule has 0 bridgehead atoms. The molecule has 2 atom stereocenters. The Bertz CT molecular complexity index is 832. The van der Waals surface area contributed by atoms with E-state index in [9.17, 15) is 15.0 Å². The van der Waals surface area contributed by atoms with Gasteiger partial charge in [0.1, 0.15) is 23.7 Å².